The van der Waals surface area contributed by atoms with Gasteiger partial charge in [0.1, 0.15) is 11.4 Å². The zero-order valence-corrected chi connectivity index (χ0v) is 17.2. The number of rotatable bonds is 8. The average Bonchev–Trinajstić information content (AvgIpc) is 2.60. The van der Waals surface area contributed by atoms with Crippen LogP contribution in [0.1, 0.15) is 54.0 Å². The summed E-state index contributed by atoms with van der Waals surface area (Å²) in [6, 6.07) is 8.73. The van der Waals surface area contributed by atoms with Crippen molar-refractivity contribution in [3.8, 4) is 0 Å². The van der Waals surface area contributed by atoms with Crippen molar-refractivity contribution < 1.29 is 14.7 Å². The lowest BCUT2D eigenvalue weighted by Gasteiger charge is -2.28. The third-order valence-corrected chi connectivity index (χ3v) is 4.22. The van der Waals surface area contributed by atoms with Crippen molar-refractivity contribution in [2.75, 3.05) is 23.3 Å². The van der Waals surface area contributed by atoms with Crippen LogP contribution in [0.5, 0.6) is 0 Å². The first-order chi connectivity index (χ1) is 13.2. The molecule has 0 atom stereocenters. The van der Waals surface area contributed by atoms with Crippen LogP contribution < -0.4 is 10.2 Å². The van der Waals surface area contributed by atoms with Crippen LogP contribution in [-0.4, -0.2) is 35.1 Å². The van der Waals surface area contributed by atoms with E-state index in [1.807, 2.05) is 24.0 Å². The van der Waals surface area contributed by atoms with Crippen LogP contribution in [0.25, 0.3) is 0 Å². The third kappa shape index (κ3) is 5.55. The Kier molecular flexibility index (Phi) is 7.15. The van der Waals surface area contributed by atoms with Crippen LogP contribution in [0.3, 0.4) is 0 Å². The summed E-state index contributed by atoms with van der Waals surface area (Å²) < 4.78 is 0. The number of carbonyl (C=O) groups is 2. The highest BCUT2D eigenvalue weighted by atomic mass is 16.4. The van der Waals surface area contributed by atoms with Gasteiger partial charge in [-0.25, -0.2) is 9.78 Å². The number of aryl methyl sites for hydroxylation is 1. The summed E-state index contributed by atoms with van der Waals surface area (Å²) in [4.78, 5) is 30.8. The lowest BCUT2D eigenvalue weighted by molar-refractivity contribution is 0.0696. The molecular weight excluding hydrogens is 354 g/mol. The van der Waals surface area contributed by atoms with E-state index in [1.54, 1.807) is 12.1 Å². The van der Waals surface area contributed by atoms with Crippen molar-refractivity contribution in [1.82, 2.24) is 4.98 Å². The SMILES string of the molecule is Cc1ccccc1C(=O)Nc1cnc(N(CC(C)C)CC(C)C)c(C(=O)O)c1. The number of carbonyl (C=O) groups excluding carboxylic acids is 1. The van der Waals surface area contributed by atoms with Gasteiger partial charge in [-0.2, -0.15) is 0 Å². The number of amides is 1. The Morgan fingerprint density at radius 1 is 1.07 bits per heavy atom. The van der Waals surface area contributed by atoms with Crippen molar-refractivity contribution in [3.63, 3.8) is 0 Å². The molecule has 150 valence electrons. The molecule has 6 nitrogen and oxygen atoms in total. The molecule has 28 heavy (non-hydrogen) atoms. The number of aromatic nitrogens is 1. The van der Waals surface area contributed by atoms with Crippen molar-refractivity contribution >= 4 is 23.4 Å². The molecule has 0 saturated carbocycles. The Balaban J connectivity index is 2.34. The van der Waals surface area contributed by atoms with Gasteiger partial charge in [0.05, 0.1) is 11.9 Å². The summed E-state index contributed by atoms with van der Waals surface area (Å²) >= 11 is 0. The molecule has 0 spiro atoms. The summed E-state index contributed by atoms with van der Waals surface area (Å²) in [5, 5.41) is 12.5. The van der Waals surface area contributed by atoms with Gasteiger partial charge < -0.3 is 15.3 Å². The summed E-state index contributed by atoms with van der Waals surface area (Å²) in [5.41, 5.74) is 1.85. The lowest BCUT2D eigenvalue weighted by Crippen LogP contribution is -2.33. The molecule has 1 amide bonds. The minimum absolute atomic E-state index is 0.0869. The largest absolute Gasteiger partial charge is 0.478 e. The fourth-order valence-corrected chi connectivity index (χ4v) is 3.09. The van der Waals surface area contributed by atoms with Gasteiger partial charge in [-0.05, 0) is 36.5 Å². The van der Waals surface area contributed by atoms with Gasteiger partial charge in [0.2, 0.25) is 0 Å². The van der Waals surface area contributed by atoms with Crippen LogP contribution in [0.15, 0.2) is 36.5 Å². The van der Waals surface area contributed by atoms with Crippen molar-refractivity contribution in [3.05, 3.63) is 53.2 Å². The molecule has 2 N–H and O–H groups in total. The average molecular weight is 383 g/mol. The van der Waals surface area contributed by atoms with Gasteiger partial charge >= 0.3 is 5.97 Å². The lowest BCUT2D eigenvalue weighted by atomic mass is 10.1. The molecule has 1 aromatic carbocycles. The number of hydrogen-bond acceptors (Lipinski definition) is 4. The molecule has 0 bridgehead atoms. The van der Waals surface area contributed by atoms with Crippen molar-refractivity contribution in [1.29, 1.82) is 0 Å². The van der Waals surface area contributed by atoms with Crippen molar-refractivity contribution in [2.24, 2.45) is 11.8 Å². The molecule has 6 heteroatoms. The standard InChI is InChI=1S/C22H29N3O3/c1-14(2)12-25(13-15(3)4)20-19(22(27)28)10-17(11-23-20)24-21(26)18-9-7-6-8-16(18)5/h6-11,14-15H,12-13H2,1-5H3,(H,24,26)(H,27,28). The first-order valence-electron chi connectivity index (χ1n) is 9.54. The molecule has 0 fully saturated rings. The number of anilines is 2. The Hall–Kier alpha value is -2.89. The number of carboxylic acids is 1. The highest BCUT2D eigenvalue weighted by Crippen LogP contribution is 2.24. The van der Waals surface area contributed by atoms with Crippen LogP contribution in [0.4, 0.5) is 11.5 Å². The zero-order chi connectivity index (χ0) is 20.8. The fraction of sp³-hybridized carbons (Fsp3) is 0.409. The molecule has 2 aromatic rings. The molecule has 0 unspecified atom stereocenters. The number of nitrogens with zero attached hydrogens (tertiary/aromatic N) is 2. The fourth-order valence-electron chi connectivity index (χ4n) is 3.09. The maximum Gasteiger partial charge on any atom is 0.339 e. The van der Waals surface area contributed by atoms with Crippen LogP contribution in [-0.2, 0) is 0 Å². The predicted molar refractivity (Wildman–Crippen MR) is 112 cm³/mol. The molecule has 0 saturated heterocycles. The van der Waals surface area contributed by atoms with Gasteiger partial charge in [-0.15, -0.1) is 0 Å². The van der Waals surface area contributed by atoms with E-state index in [9.17, 15) is 14.7 Å². The number of pyridine rings is 1. The minimum atomic E-state index is -1.06. The van der Waals surface area contributed by atoms with E-state index in [-0.39, 0.29) is 11.5 Å². The van der Waals surface area contributed by atoms with E-state index >= 15 is 0 Å². The van der Waals surface area contributed by atoms with Gasteiger partial charge in [0, 0.05) is 18.7 Å². The molecule has 0 aliphatic rings. The van der Waals surface area contributed by atoms with E-state index in [4.69, 9.17) is 0 Å². The second-order valence-corrected chi connectivity index (χ2v) is 7.86. The van der Waals surface area contributed by atoms with Crippen LogP contribution in [0, 0.1) is 18.8 Å². The van der Waals surface area contributed by atoms with Gasteiger partial charge in [0.25, 0.3) is 5.91 Å². The Morgan fingerprint density at radius 2 is 1.68 bits per heavy atom. The van der Waals surface area contributed by atoms with Crippen LogP contribution in [0.2, 0.25) is 0 Å². The van der Waals surface area contributed by atoms with Crippen LogP contribution >= 0.6 is 0 Å². The monoisotopic (exact) mass is 383 g/mol. The topological polar surface area (TPSA) is 82.5 Å². The zero-order valence-electron chi connectivity index (χ0n) is 17.2. The number of benzene rings is 1. The highest BCUT2D eigenvalue weighted by Gasteiger charge is 2.21. The van der Waals surface area contributed by atoms with Crippen molar-refractivity contribution in [2.45, 2.75) is 34.6 Å². The Bertz CT molecular complexity index is 837. The predicted octanol–water partition coefficient (Wildman–Crippen LogP) is 4.46. The van der Waals surface area contributed by atoms with E-state index in [0.717, 1.165) is 5.56 Å². The quantitative estimate of drug-likeness (QED) is 0.703. The molecule has 0 radical (unpaired) electrons. The summed E-state index contributed by atoms with van der Waals surface area (Å²) in [7, 11) is 0. The third-order valence-electron chi connectivity index (χ3n) is 4.22. The minimum Gasteiger partial charge on any atom is -0.478 e. The number of nitrogens with one attached hydrogen (secondary N) is 1. The molecular formula is C22H29N3O3. The first-order valence-corrected chi connectivity index (χ1v) is 9.54. The van der Waals surface area contributed by atoms with E-state index < -0.39 is 5.97 Å². The number of carboxylic acid groups (broad SMARTS) is 1. The first kappa shape index (κ1) is 21.4. The molecule has 0 aliphatic heterocycles. The summed E-state index contributed by atoms with van der Waals surface area (Å²) in [6.45, 7) is 11.6. The Labute approximate surface area is 166 Å². The maximum atomic E-state index is 12.5. The summed E-state index contributed by atoms with van der Waals surface area (Å²) in [5.74, 6) is -0.189. The smallest absolute Gasteiger partial charge is 0.339 e. The maximum absolute atomic E-state index is 12.5. The Morgan fingerprint density at radius 3 is 2.21 bits per heavy atom. The molecule has 1 heterocycles. The van der Waals surface area contributed by atoms with E-state index in [2.05, 4.69) is 38.0 Å². The number of hydrogen-bond donors (Lipinski definition) is 2. The normalized spacial score (nSPS) is 11.0. The van der Waals surface area contributed by atoms with Gasteiger partial charge in [0.15, 0.2) is 0 Å². The molecule has 2 rings (SSSR count). The van der Waals surface area contributed by atoms with Gasteiger partial charge in [-0.3, -0.25) is 4.79 Å². The molecule has 1 aromatic heterocycles. The second kappa shape index (κ2) is 9.35. The second-order valence-electron chi connectivity index (χ2n) is 7.86. The van der Waals surface area contributed by atoms with E-state index in [1.165, 1.54) is 12.3 Å². The van der Waals surface area contributed by atoms with Gasteiger partial charge in [-0.1, -0.05) is 45.9 Å². The molecule has 0 aliphatic carbocycles. The summed E-state index contributed by atoms with van der Waals surface area (Å²) in [6.07, 6.45) is 1.52. The highest BCUT2D eigenvalue weighted by molar-refractivity contribution is 6.06. The number of aromatic carboxylic acids is 1. The van der Waals surface area contributed by atoms with E-state index in [0.29, 0.717) is 42.0 Å².